The molecule has 0 bridgehead atoms. The first kappa shape index (κ1) is 30.3. The summed E-state index contributed by atoms with van der Waals surface area (Å²) in [6, 6.07) is 11.8. The van der Waals surface area contributed by atoms with Crippen LogP contribution in [0.1, 0.15) is 38.3 Å². The predicted octanol–water partition coefficient (Wildman–Crippen LogP) is 6.75. The van der Waals surface area contributed by atoms with Gasteiger partial charge in [0.1, 0.15) is 6.61 Å². The van der Waals surface area contributed by atoms with Gasteiger partial charge in [-0.2, -0.15) is 0 Å². The topological polar surface area (TPSA) is 33.7 Å². The number of ether oxygens (including phenoxy) is 2. The van der Waals surface area contributed by atoms with Gasteiger partial charge in [-0.05, 0) is 79.2 Å². The minimum atomic E-state index is 0. The van der Waals surface area contributed by atoms with E-state index in [-0.39, 0.29) is 24.8 Å². The van der Waals surface area contributed by atoms with Crippen LogP contribution in [0.15, 0.2) is 40.9 Å². The Morgan fingerprint density at radius 1 is 1.03 bits per heavy atom. The molecule has 2 aromatic carbocycles. The number of halogens is 4. The van der Waals surface area contributed by atoms with Gasteiger partial charge in [0.25, 0.3) is 0 Å². The molecule has 0 spiro atoms. The second kappa shape index (κ2) is 16.9. The van der Waals surface area contributed by atoms with Crippen molar-refractivity contribution in [2.24, 2.45) is 0 Å². The summed E-state index contributed by atoms with van der Waals surface area (Å²) in [5.41, 5.74) is 2.11. The average molecular weight is 557 g/mol. The molecule has 0 saturated carbocycles. The third-order valence-electron chi connectivity index (χ3n) is 4.75. The highest BCUT2D eigenvalue weighted by Crippen LogP contribution is 2.37. The molecule has 2 aromatic rings. The smallest absolute Gasteiger partial charge is 0.175 e. The number of benzene rings is 2. The van der Waals surface area contributed by atoms with E-state index in [0.29, 0.717) is 24.0 Å². The van der Waals surface area contributed by atoms with Crippen LogP contribution in [0.25, 0.3) is 0 Å². The molecule has 0 heterocycles. The van der Waals surface area contributed by atoms with Gasteiger partial charge in [0, 0.05) is 17.1 Å². The van der Waals surface area contributed by atoms with Crippen molar-refractivity contribution >= 4 is 52.3 Å². The second-order valence-electron chi connectivity index (χ2n) is 6.78. The average Bonchev–Trinajstić information content (AvgIpc) is 2.71. The van der Waals surface area contributed by atoms with Crippen LogP contribution in [-0.2, 0) is 13.2 Å². The van der Waals surface area contributed by atoms with Crippen molar-refractivity contribution in [2.75, 3.05) is 32.8 Å². The van der Waals surface area contributed by atoms with Crippen LogP contribution in [-0.4, -0.2) is 37.7 Å². The number of nitrogens with zero attached hydrogens (tertiary/aromatic N) is 1. The van der Waals surface area contributed by atoms with Crippen LogP contribution in [0.5, 0.6) is 11.5 Å². The van der Waals surface area contributed by atoms with E-state index in [9.17, 15) is 0 Å². The normalized spacial score (nSPS) is 10.4. The van der Waals surface area contributed by atoms with E-state index in [1.54, 1.807) is 0 Å². The molecular weight excluding hydrogens is 523 g/mol. The van der Waals surface area contributed by atoms with Crippen LogP contribution in [0.3, 0.4) is 0 Å². The Morgan fingerprint density at radius 2 is 1.74 bits per heavy atom. The van der Waals surface area contributed by atoms with E-state index >= 15 is 0 Å². The van der Waals surface area contributed by atoms with E-state index in [1.807, 2.05) is 37.3 Å². The summed E-state index contributed by atoms with van der Waals surface area (Å²) in [6.07, 6.45) is 1.14. The number of hydrogen-bond donors (Lipinski definition) is 1. The molecule has 4 nitrogen and oxygen atoms in total. The van der Waals surface area contributed by atoms with Gasteiger partial charge in [0.2, 0.25) is 0 Å². The third-order valence-corrected chi connectivity index (χ3v) is 5.71. The van der Waals surface area contributed by atoms with Crippen LogP contribution >= 0.6 is 52.3 Å². The Labute approximate surface area is 213 Å². The molecule has 0 unspecified atom stereocenters. The highest BCUT2D eigenvalue weighted by molar-refractivity contribution is 9.10. The molecule has 31 heavy (non-hydrogen) atoms. The summed E-state index contributed by atoms with van der Waals surface area (Å²) in [7, 11) is 0. The SMILES string of the molecule is CCOc1cc(CNCCCN(CC)CC)cc(Br)c1OCc1ccccc1Cl.Cl.Cl. The molecule has 0 aromatic heterocycles. The first-order valence-corrected chi connectivity index (χ1v) is 11.5. The van der Waals surface area contributed by atoms with Crippen LogP contribution < -0.4 is 14.8 Å². The summed E-state index contributed by atoms with van der Waals surface area (Å²) < 4.78 is 12.8. The van der Waals surface area contributed by atoms with Gasteiger partial charge >= 0.3 is 0 Å². The Kier molecular flexibility index (Phi) is 16.5. The zero-order chi connectivity index (χ0) is 21.1. The molecule has 8 heteroatoms. The summed E-state index contributed by atoms with van der Waals surface area (Å²) in [5.74, 6) is 1.45. The lowest BCUT2D eigenvalue weighted by Gasteiger charge is -2.18. The molecule has 0 aliphatic carbocycles. The maximum Gasteiger partial charge on any atom is 0.175 e. The van der Waals surface area contributed by atoms with Gasteiger partial charge < -0.3 is 19.7 Å². The highest BCUT2D eigenvalue weighted by Gasteiger charge is 2.13. The minimum Gasteiger partial charge on any atom is -0.490 e. The van der Waals surface area contributed by atoms with Crippen LogP contribution in [0.4, 0.5) is 0 Å². The molecule has 0 radical (unpaired) electrons. The van der Waals surface area contributed by atoms with Gasteiger partial charge in [-0.15, -0.1) is 24.8 Å². The first-order valence-electron chi connectivity index (χ1n) is 10.3. The van der Waals surface area contributed by atoms with Gasteiger partial charge in [-0.25, -0.2) is 0 Å². The number of rotatable bonds is 13. The number of nitrogens with one attached hydrogen (secondary N) is 1. The van der Waals surface area contributed by atoms with E-state index in [4.69, 9.17) is 21.1 Å². The summed E-state index contributed by atoms with van der Waals surface area (Å²) >= 11 is 9.89. The van der Waals surface area contributed by atoms with Crippen molar-refractivity contribution in [3.05, 3.63) is 57.0 Å². The van der Waals surface area contributed by atoms with Crippen molar-refractivity contribution in [3.8, 4) is 11.5 Å². The van der Waals surface area contributed by atoms with E-state index in [1.165, 1.54) is 0 Å². The molecule has 0 amide bonds. The molecule has 0 fully saturated rings. The van der Waals surface area contributed by atoms with Crippen molar-refractivity contribution < 1.29 is 9.47 Å². The first-order chi connectivity index (χ1) is 14.1. The summed E-state index contributed by atoms with van der Waals surface area (Å²) in [4.78, 5) is 2.44. The molecule has 2 rings (SSSR count). The van der Waals surface area contributed by atoms with Gasteiger partial charge in [0.05, 0.1) is 11.1 Å². The van der Waals surface area contributed by atoms with Crippen molar-refractivity contribution in [2.45, 2.75) is 40.3 Å². The maximum absolute atomic E-state index is 6.24. The molecule has 1 N–H and O–H groups in total. The Morgan fingerprint density at radius 3 is 2.39 bits per heavy atom. The fraction of sp³-hybridized carbons (Fsp3) is 0.478. The van der Waals surface area contributed by atoms with E-state index in [0.717, 1.165) is 60.5 Å². The van der Waals surface area contributed by atoms with Crippen LogP contribution in [0.2, 0.25) is 5.02 Å². The summed E-state index contributed by atoms with van der Waals surface area (Å²) in [5, 5.41) is 4.23. The third kappa shape index (κ3) is 10.2. The lowest BCUT2D eigenvalue weighted by atomic mass is 10.2. The van der Waals surface area contributed by atoms with Gasteiger partial charge in [-0.1, -0.05) is 43.6 Å². The van der Waals surface area contributed by atoms with E-state index in [2.05, 4.69) is 46.1 Å². The Hall–Kier alpha value is -0.690. The lowest BCUT2D eigenvalue weighted by Crippen LogP contribution is -2.27. The Bertz CT molecular complexity index is 762. The van der Waals surface area contributed by atoms with Crippen molar-refractivity contribution in [1.29, 1.82) is 0 Å². The standard InChI is InChI=1S/C23H32BrClN2O2.2ClH/c1-4-27(5-2)13-9-12-26-16-18-14-20(24)23(22(15-18)28-6-3)29-17-19-10-7-8-11-21(19)25;;/h7-8,10-11,14-15,26H,4-6,9,12-13,16-17H2,1-3H3;2*1H. The van der Waals surface area contributed by atoms with Crippen molar-refractivity contribution in [1.82, 2.24) is 10.2 Å². The van der Waals surface area contributed by atoms with Crippen LogP contribution in [0, 0.1) is 0 Å². The lowest BCUT2D eigenvalue weighted by molar-refractivity contribution is 0.267. The predicted molar refractivity (Wildman–Crippen MR) is 140 cm³/mol. The van der Waals surface area contributed by atoms with Crippen molar-refractivity contribution in [3.63, 3.8) is 0 Å². The zero-order valence-corrected chi connectivity index (χ0v) is 22.4. The fourth-order valence-electron chi connectivity index (χ4n) is 3.09. The van der Waals surface area contributed by atoms with E-state index < -0.39 is 0 Å². The molecule has 0 aliphatic rings. The second-order valence-corrected chi connectivity index (χ2v) is 8.04. The fourth-order valence-corrected chi connectivity index (χ4v) is 3.89. The monoisotopic (exact) mass is 554 g/mol. The summed E-state index contributed by atoms with van der Waals surface area (Å²) in [6.45, 7) is 12.5. The molecular formula is C23H34BrCl3N2O2. The number of hydrogen-bond acceptors (Lipinski definition) is 4. The molecule has 0 aliphatic heterocycles. The maximum atomic E-state index is 6.24. The zero-order valence-electron chi connectivity index (χ0n) is 18.5. The highest BCUT2D eigenvalue weighted by atomic mass is 79.9. The molecule has 176 valence electrons. The van der Waals surface area contributed by atoms with Gasteiger partial charge in [-0.3, -0.25) is 0 Å². The Balaban J connectivity index is 0.00000450. The molecule has 0 atom stereocenters. The largest absolute Gasteiger partial charge is 0.490 e. The quantitative estimate of drug-likeness (QED) is 0.277. The minimum absolute atomic E-state index is 0. The molecule has 0 saturated heterocycles. The van der Waals surface area contributed by atoms with Gasteiger partial charge in [0.15, 0.2) is 11.5 Å².